The molecule has 3 heteroatoms. The standard InChI is InChI=1S/C9H14N2S/c1-3-7-6-10-8(12)11(7)9(2)4-5-9/h6H,3-5H2,1-2H3,(H,10,12). The number of rotatable bonds is 2. The number of aryl methyl sites for hydroxylation is 1. The molecule has 1 aliphatic rings. The summed E-state index contributed by atoms with van der Waals surface area (Å²) in [6.07, 6.45) is 5.63. The summed E-state index contributed by atoms with van der Waals surface area (Å²) in [6.45, 7) is 4.44. The van der Waals surface area contributed by atoms with Crippen LogP contribution in [0.5, 0.6) is 0 Å². The van der Waals surface area contributed by atoms with E-state index >= 15 is 0 Å². The van der Waals surface area contributed by atoms with E-state index in [1.165, 1.54) is 18.5 Å². The van der Waals surface area contributed by atoms with Gasteiger partial charge in [-0.1, -0.05) is 6.92 Å². The van der Waals surface area contributed by atoms with Crippen molar-refractivity contribution in [3.63, 3.8) is 0 Å². The number of nitrogens with one attached hydrogen (secondary N) is 1. The van der Waals surface area contributed by atoms with E-state index in [4.69, 9.17) is 12.2 Å². The molecule has 0 radical (unpaired) electrons. The lowest BCUT2D eigenvalue weighted by molar-refractivity contribution is 0.507. The van der Waals surface area contributed by atoms with Gasteiger partial charge in [-0.05, 0) is 38.4 Å². The van der Waals surface area contributed by atoms with Gasteiger partial charge in [0.2, 0.25) is 0 Å². The second-order valence-electron chi connectivity index (χ2n) is 3.77. The van der Waals surface area contributed by atoms with Gasteiger partial charge in [0.05, 0.1) is 0 Å². The van der Waals surface area contributed by atoms with E-state index in [1.807, 2.05) is 6.20 Å². The number of nitrogens with zero attached hydrogens (tertiary/aromatic N) is 1. The maximum Gasteiger partial charge on any atom is 0.177 e. The summed E-state index contributed by atoms with van der Waals surface area (Å²) in [5.74, 6) is 0. The fraction of sp³-hybridized carbons (Fsp3) is 0.667. The van der Waals surface area contributed by atoms with Crippen LogP contribution in [0.25, 0.3) is 0 Å². The molecule has 0 bridgehead atoms. The Bertz CT molecular complexity index is 344. The number of imidazole rings is 1. The molecule has 0 unspecified atom stereocenters. The van der Waals surface area contributed by atoms with Crippen molar-refractivity contribution in [3.8, 4) is 0 Å². The Labute approximate surface area is 77.6 Å². The number of H-pyrrole nitrogens is 1. The minimum atomic E-state index is 0.336. The molecule has 12 heavy (non-hydrogen) atoms. The van der Waals surface area contributed by atoms with E-state index in [0.717, 1.165) is 11.2 Å². The van der Waals surface area contributed by atoms with Crippen LogP contribution in [0.4, 0.5) is 0 Å². The SMILES string of the molecule is CCc1c[nH]c(=S)n1C1(C)CC1. The number of hydrogen-bond acceptors (Lipinski definition) is 1. The molecule has 0 aromatic carbocycles. The zero-order valence-electron chi connectivity index (χ0n) is 7.55. The Morgan fingerprint density at radius 2 is 2.33 bits per heavy atom. The van der Waals surface area contributed by atoms with Crippen molar-refractivity contribution in [2.45, 2.75) is 38.6 Å². The summed E-state index contributed by atoms with van der Waals surface area (Å²) in [4.78, 5) is 3.11. The van der Waals surface area contributed by atoms with Crippen molar-refractivity contribution in [2.75, 3.05) is 0 Å². The molecule has 1 saturated carbocycles. The van der Waals surface area contributed by atoms with E-state index in [-0.39, 0.29) is 0 Å². The quantitative estimate of drug-likeness (QED) is 0.697. The van der Waals surface area contributed by atoms with Gasteiger partial charge in [0.1, 0.15) is 0 Å². The predicted molar refractivity (Wildman–Crippen MR) is 51.9 cm³/mol. The Morgan fingerprint density at radius 1 is 1.67 bits per heavy atom. The largest absolute Gasteiger partial charge is 0.337 e. The number of hydrogen-bond donors (Lipinski definition) is 1. The lowest BCUT2D eigenvalue weighted by Crippen LogP contribution is -2.14. The molecule has 2 nitrogen and oxygen atoms in total. The average Bonchev–Trinajstić information content (AvgIpc) is 2.64. The maximum atomic E-state index is 5.23. The smallest absolute Gasteiger partial charge is 0.177 e. The minimum absolute atomic E-state index is 0.336. The van der Waals surface area contributed by atoms with Crippen LogP contribution in [-0.4, -0.2) is 9.55 Å². The first-order valence-corrected chi connectivity index (χ1v) is 4.88. The molecule has 0 amide bonds. The third-order valence-corrected chi connectivity index (χ3v) is 3.03. The van der Waals surface area contributed by atoms with Gasteiger partial charge in [-0.25, -0.2) is 0 Å². The molecule has 1 aliphatic carbocycles. The predicted octanol–water partition coefficient (Wildman–Crippen LogP) is 2.62. The van der Waals surface area contributed by atoms with Gasteiger partial charge in [-0.3, -0.25) is 0 Å². The summed E-state index contributed by atoms with van der Waals surface area (Å²) >= 11 is 5.23. The van der Waals surface area contributed by atoms with Crippen LogP contribution in [0.15, 0.2) is 6.20 Å². The highest BCUT2D eigenvalue weighted by Crippen LogP contribution is 2.43. The average molecular weight is 182 g/mol. The lowest BCUT2D eigenvalue weighted by Gasteiger charge is -2.13. The van der Waals surface area contributed by atoms with Crippen molar-refractivity contribution < 1.29 is 0 Å². The molecule has 0 saturated heterocycles. The molecule has 1 aromatic heterocycles. The van der Waals surface area contributed by atoms with Crippen LogP contribution in [0, 0.1) is 4.77 Å². The van der Waals surface area contributed by atoms with Crippen LogP contribution in [0.3, 0.4) is 0 Å². The van der Waals surface area contributed by atoms with Gasteiger partial charge in [0.25, 0.3) is 0 Å². The van der Waals surface area contributed by atoms with Crippen LogP contribution < -0.4 is 0 Å². The van der Waals surface area contributed by atoms with E-state index in [1.54, 1.807) is 0 Å². The molecule has 0 aliphatic heterocycles. The molecular formula is C9H14N2S. The van der Waals surface area contributed by atoms with E-state index < -0.39 is 0 Å². The van der Waals surface area contributed by atoms with Crippen LogP contribution in [0.2, 0.25) is 0 Å². The first-order valence-electron chi connectivity index (χ1n) is 4.47. The van der Waals surface area contributed by atoms with Gasteiger partial charge in [0.15, 0.2) is 4.77 Å². The molecule has 0 spiro atoms. The van der Waals surface area contributed by atoms with Gasteiger partial charge < -0.3 is 9.55 Å². The van der Waals surface area contributed by atoms with E-state index in [9.17, 15) is 0 Å². The molecule has 1 aromatic rings. The Morgan fingerprint density at radius 3 is 2.83 bits per heavy atom. The minimum Gasteiger partial charge on any atom is -0.337 e. The second kappa shape index (κ2) is 2.46. The fourth-order valence-corrected chi connectivity index (χ4v) is 2.06. The summed E-state index contributed by atoms with van der Waals surface area (Å²) in [5.41, 5.74) is 1.67. The molecule has 1 fully saturated rings. The van der Waals surface area contributed by atoms with Crippen LogP contribution >= 0.6 is 12.2 Å². The molecule has 1 heterocycles. The van der Waals surface area contributed by atoms with Crippen molar-refractivity contribution in [1.29, 1.82) is 0 Å². The van der Waals surface area contributed by atoms with E-state index in [0.29, 0.717) is 5.54 Å². The fourth-order valence-electron chi connectivity index (χ4n) is 1.66. The Balaban J connectivity index is 2.53. The highest BCUT2D eigenvalue weighted by molar-refractivity contribution is 7.71. The normalized spacial score (nSPS) is 19.5. The third-order valence-electron chi connectivity index (χ3n) is 2.73. The number of aromatic nitrogens is 2. The summed E-state index contributed by atoms with van der Waals surface area (Å²) in [7, 11) is 0. The van der Waals surface area contributed by atoms with Crippen LogP contribution in [0.1, 0.15) is 32.4 Å². The zero-order valence-corrected chi connectivity index (χ0v) is 8.37. The number of aromatic amines is 1. The highest BCUT2D eigenvalue weighted by atomic mass is 32.1. The Hall–Kier alpha value is -0.570. The van der Waals surface area contributed by atoms with E-state index in [2.05, 4.69) is 23.4 Å². The summed E-state index contributed by atoms with van der Waals surface area (Å²) in [5, 5.41) is 0. The molecule has 66 valence electrons. The third kappa shape index (κ3) is 1.04. The monoisotopic (exact) mass is 182 g/mol. The van der Waals surface area contributed by atoms with Gasteiger partial charge in [-0.2, -0.15) is 0 Å². The van der Waals surface area contributed by atoms with Crippen molar-refractivity contribution in [1.82, 2.24) is 9.55 Å². The van der Waals surface area contributed by atoms with Gasteiger partial charge in [0, 0.05) is 17.4 Å². The molecule has 1 N–H and O–H groups in total. The van der Waals surface area contributed by atoms with Crippen LogP contribution in [-0.2, 0) is 12.0 Å². The van der Waals surface area contributed by atoms with Crippen molar-refractivity contribution in [3.05, 3.63) is 16.7 Å². The summed E-state index contributed by atoms with van der Waals surface area (Å²) < 4.78 is 3.16. The zero-order chi connectivity index (χ0) is 8.77. The first kappa shape index (κ1) is 8.05. The Kier molecular flexibility index (Phi) is 1.65. The highest BCUT2D eigenvalue weighted by Gasteiger charge is 2.40. The van der Waals surface area contributed by atoms with Gasteiger partial charge >= 0.3 is 0 Å². The van der Waals surface area contributed by atoms with Crippen molar-refractivity contribution >= 4 is 12.2 Å². The topological polar surface area (TPSA) is 20.7 Å². The molecule has 0 atom stereocenters. The summed E-state index contributed by atoms with van der Waals surface area (Å²) in [6, 6.07) is 0. The molecular weight excluding hydrogens is 168 g/mol. The first-order chi connectivity index (χ1) is 5.67. The van der Waals surface area contributed by atoms with Gasteiger partial charge in [-0.15, -0.1) is 0 Å². The second-order valence-corrected chi connectivity index (χ2v) is 4.16. The maximum absolute atomic E-state index is 5.23. The molecule has 2 rings (SSSR count). The van der Waals surface area contributed by atoms with Crippen molar-refractivity contribution in [2.24, 2.45) is 0 Å². The lowest BCUT2D eigenvalue weighted by atomic mass is 10.3.